The van der Waals surface area contributed by atoms with Crippen LogP contribution in [0.2, 0.25) is 0 Å². The lowest BCUT2D eigenvalue weighted by molar-refractivity contribution is 0.383. The minimum absolute atomic E-state index is 0.686. The van der Waals surface area contributed by atoms with Crippen molar-refractivity contribution in [1.29, 1.82) is 0 Å². The third kappa shape index (κ3) is 1.64. The maximum absolute atomic E-state index is 4.94. The molecule has 0 saturated carbocycles. The highest BCUT2D eigenvalue weighted by molar-refractivity contribution is 5.45. The van der Waals surface area contributed by atoms with E-state index in [0.717, 1.165) is 12.5 Å². The summed E-state index contributed by atoms with van der Waals surface area (Å²) < 4.78 is 0. The Hall–Kier alpha value is -1.09. The van der Waals surface area contributed by atoms with Gasteiger partial charge in [0.15, 0.2) is 0 Å². The van der Waals surface area contributed by atoms with Gasteiger partial charge in [0.2, 0.25) is 0 Å². The Morgan fingerprint density at radius 1 is 1.17 bits per heavy atom. The predicted octanol–water partition coefficient (Wildman–Crippen LogP) is 1.76. The second-order valence-corrected chi connectivity index (χ2v) is 5.95. The fourth-order valence-corrected chi connectivity index (χ4v) is 3.92. The van der Waals surface area contributed by atoms with E-state index in [-0.39, 0.29) is 0 Å². The molecule has 0 amide bonds. The van der Waals surface area contributed by atoms with Crippen molar-refractivity contribution in [2.75, 3.05) is 24.5 Å². The van der Waals surface area contributed by atoms with E-state index in [1.54, 1.807) is 0 Å². The predicted molar refractivity (Wildman–Crippen MR) is 73.0 cm³/mol. The van der Waals surface area contributed by atoms with Crippen LogP contribution < -0.4 is 10.2 Å². The van der Waals surface area contributed by atoms with Crippen molar-refractivity contribution < 1.29 is 0 Å². The number of piperidine rings is 1. The average Bonchev–Trinajstić information content (AvgIpc) is 3.05. The van der Waals surface area contributed by atoms with Crippen LogP contribution in [0.1, 0.15) is 30.5 Å². The molecule has 3 heterocycles. The van der Waals surface area contributed by atoms with Crippen LogP contribution in [0.4, 0.5) is 5.82 Å². The Kier molecular flexibility index (Phi) is 2.54. The number of anilines is 1. The number of fused-ring (bicyclic) bond motifs is 2. The van der Waals surface area contributed by atoms with Crippen molar-refractivity contribution in [3.8, 4) is 0 Å². The molecule has 0 spiro atoms. The summed E-state index contributed by atoms with van der Waals surface area (Å²) in [5.41, 5.74) is 2.84. The third-order valence-corrected chi connectivity index (χ3v) is 4.89. The molecule has 3 aliphatic rings. The van der Waals surface area contributed by atoms with Gasteiger partial charge in [-0.15, -0.1) is 0 Å². The van der Waals surface area contributed by atoms with Gasteiger partial charge in [0, 0.05) is 31.4 Å². The molecule has 2 fully saturated rings. The fraction of sp³-hybridized carbons (Fsp3) is 0.667. The number of aromatic nitrogens is 1. The van der Waals surface area contributed by atoms with Crippen molar-refractivity contribution in [3.05, 3.63) is 23.4 Å². The van der Waals surface area contributed by atoms with Gasteiger partial charge in [0.1, 0.15) is 5.82 Å². The molecule has 4 rings (SSSR count). The minimum Gasteiger partial charge on any atom is -0.352 e. The highest BCUT2D eigenvalue weighted by Crippen LogP contribution is 2.31. The molecule has 1 aromatic rings. The molecule has 96 valence electrons. The number of aryl methyl sites for hydroxylation is 2. The van der Waals surface area contributed by atoms with Gasteiger partial charge in [-0.1, -0.05) is 6.07 Å². The molecular formula is C15H21N3. The first-order chi connectivity index (χ1) is 8.92. The Bertz CT molecular complexity index is 457. The normalized spacial score (nSPS) is 30.3. The average molecular weight is 243 g/mol. The molecule has 0 aromatic carbocycles. The molecule has 2 aliphatic heterocycles. The second kappa shape index (κ2) is 4.23. The molecule has 18 heavy (non-hydrogen) atoms. The summed E-state index contributed by atoms with van der Waals surface area (Å²) >= 11 is 0. The van der Waals surface area contributed by atoms with Gasteiger partial charge in [-0.25, -0.2) is 4.98 Å². The van der Waals surface area contributed by atoms with Crippen LogP contribution in [-0.4, -0.2) is 30.7 Å². The molecule has 1 aromatic heterocycles. The van der Waals surface area contributed by atoms with E-state index >= 15 is 0 Å². The first kappa shape index (κ1) is 10.8. The summed E-state index contributed by atoms with van der Waals surface area (Å²) in [5.74, 6) is 2.07. The van der Waals surface area contributed by atoms with Crippen molar-refractivity contribution in [1.82, 2.24) is 10.3 Å². The van der Waals surface area contributed by atoms with Gasteiger partial charge in [0.05, 0.1) is 0 Å². The van der Waals surface area contributed by atoms with Crippen molar-refractivity contribution in [2.24, 2.45) is 5.92 Å². The number of rotatable bonds is 1. The summed E-state index contributed by atoms with van der Waals surface area (Å²) in [5, 5.41) is 3.55. The van der Waals surface area contributed by atoms with Crippen LogP contribution in [0.3, 0.4) is 0 Å². The lowest BCUT2D eigenvalue weighted by Gasteiger charge is -2.38. The van der Waals surface area contributed by atoms with E-state index in [2.05, 4.69) is 22.3 Å². The van der Waals surface area contributed by atoms with Gasteiger partial charge in [-0.3, -0.25) is 0 Å². The largest absolute Gasteiger partial charge is 0.352 e. The minimum atomic E-state index is 0.686. The van der Waals surface area contributed by atoms with Crippen LogP contribution in [0, 0.1) is 5.92 Å². The molecule has 3 nitrogen and oxygen atoms in total. The van der Waals surface area contributed by atoms with Gasteiger partial charge < -0.3 is 10.2 Å². The molecule has 0 radical (unpaired) electrons. The van der Waals surface area contributed by atoms with E-state index in [4.69, 9.17) is 4.98 Å². The maximum Gasteiger partial charge on any atom is 0.129 e. The Morgan fingerprint density at radius 2 is 2.17 bits per heavy atom. The zero-order chi connectivity index (χ0) is 11.9. The van der Waals surface area contributed by atoms with E-state index in [9.17, 15) is 0 Å². The van der Waals surface area contributed by atoms with E-state index < -0.39 is 0 Å². The second-order valence-electron chi connectivity index (χ2n) is 5.95. The summed E-state index contributed by atoms with van der Waals surface area (Å²) in [6.45, 7) is 3.53. The van der Waals surface area contributed by atoms with Crippen LogP contribution >= 0.6 is 0 Å². The Morgan fingerprint density at radius 3 is 3.17 bits per heavy atom. The van der Waals surface area contributed by atoms with Crippen LogP contribution in [-0.2, 0) is 12.8 Å². The lowest BCUT2D eigenvalue weighted by atomic mass is 9.92. The lowest BCUT2D eigenvalue weighted by Crippen LogP contribution is -2.45. The molecule has 2 unspecified atom stereocenters. The van der Waals surface area contributed by atoms with E-state index in [1.165, 1.54) is 62.3 Å². The quantitative estimate of drug-likeness (QED) is 0.814. The van der Waals surface area contributed by atoms with Crippen molar-refractivity contribution in [2.45, 2.75) is 38.1 Å². The highest BCUT2D eigenvalue weighted by atomic mass is 15.3. The number of nitrogens with one attached hydrogen (secondary N) is 1. The molecule has 0 bridgehead atoms. The number of hydrogen-bond acceptors (Lipinski definition) is 3. The molecule has 3 heteroatoms. The molecular weight excluding hydrogens is 222 g/mol. The van der Waals surface area contributed by atoms with E-state index in [1.807, 2.05) is 0 Å². The standard InChI is InChI=1S/C15H21N3/c1-3-11-6-7-15(17-13(11)5-1)18-8-2-4-12-9-16-10-14(12)18/h6-7,12,14,16H,1-5,8-10H2. The van der Waals surface area contributed by atoms with Gasteiger partial charge in [-0.2, -0.15) is 0 Å². The Labute approximate surface area is 109 Å². The number of hydrogen-bond donors (Lipinski definition) is 1. The van der Waals surface area contributed by atoms with Crippen molar-refractivity contribution in [3.63, 3.8) is 0 Å². The first-order valence-electron chi connectivity index (χ1n) is 7.38. The monoisotopic (exact) mass is 243 g/mol. The SMILES string of the molecule is c1cc2c(nc1N1CCCC3CNCC31)CCC2. The van der Waals surface area contributed by atoms with E-state index in [0.29, 0.717) is 6.04 Å². The van der Waals surface area contributed by atoms with Crippen LogP contribution in [0.5, 0.6) is 0 Å². The molecule has 2 atom stereocenters. The topological polar surface area (TPSA) is 28.2 Å². The van der Waals surface area contributed by atoms with Gasteiger partial charge in [0.25, 0.3) is 0 Å². The van der Waals surface area contributed by atoms with Crippen LogP contribution in [0.15, 0.2) is 12.1 Å². The Balaban J connectivity index is 1.65. The summed E-state index contributed by atoms with van der Waals surface area (Å²) in [4.78, 5) is 7.50. The molecule has 1 aliphatic carbocycles. The van der Waals surface area contributed by atoms with Crippen LogP contribution in [0.25, 0.3) is 0 Å². The summed E-state index contributed by atoms with van der Waals surface area (Å²) in [6, 6.07) is 5.26. The van der Waals surface area contributed by atoms with Gasteiger partial charge >= 0.3 is 0 Å². The maximum atomic E-state index is 4.94. The first-order valence-corrected chi connectivity index (χ1v) is 7.38. The highest BCUT2D eigenvalue weighted by Gasteiger charge is 2.35. The summed E-state index contributed by atoms with van der Waals surface area (Å²) in [7, 11) is 0. The van der Waals surface area contributed by atoms with Gasteiger partial charge in [-0.05, 0) is 49.7 Å². The molecule has 1 N–H and O–H groups in total. The zero-order valence-electron chi connectivity index (χ0n) is 10.9. The number of pyridine rings is 1. The van der Waals surface area contributed by atoms with Crippen molar-refractivity contribution >= 4 is 5.82 Å². The summed E-state index contributed by atoms with van der Waals surface area (Å²) in [6.07, 6.45) is 6.42. The molecule has 2 saturated heterocycles. The fourth-order valence-electron chi connectivity index (χ4n) is 3.92. The smallest absolute Gasteiger partial charge is 0.129 e. The third-order valence-electron chi connectivity index (χ3n) is 4.89. The zero-order valence-corrected chi connectivity index (χ0v) is 10.9. The number of nitrogens with zero attached hydrogens (tertiary/aromatic N) is 2.